The molecule has 0 spiro atoms. The average molecular weight is 242 g/mol. The first-order chi connectivity index (χ1) is 7.91. The summed E-state index contributed by atoms with van der Waals surface area (Å²) in [6, 6.07) is 1.54. The average Bonchev–Trinajstić information content (AvgIpc) is 2.66. The molecule has 1 rings (SSSR count). The van der Waals surface area contributed by atoms with Crippen LogP contribution in [0.15, 0.2) is 0 Å². The van der Waals surface area contributed by atoms with E-state index in [-0.39, 0.29) is 6.42 Å². The predicted octanol–water partition coefficient (Wildman–Crippen LogP) is 1.65. The first kappa shape index (κ1) is 14.5. The van der Waals surface area contributed by atoms with Crippen molar-refractivity contribution < 1.29 is 9.90 Å². The molecule has 0 radical (unpaired) electrons. The molecular weight excluding hydrogens is 216 g/mol. The van der Waals surface area contributed by atoms with E-state index in [0.29, 0.717) is 24.7 Å². The number of hydrogen-bond acceptors (Lipinski definition) is 3. The van der Waals surface area contributed by atoms with Gasteiger partial charge in [-0.2, -0.15) is 0 Å². The molecule has 1 fully saturated rings. The predicted molar refractivity (Wildman–Crippen MR) is 69.2 cm³/mol. The molecule has 4 nitrogen and oxygen atoms in total. The Hall–Kier alpha value is -0.610. The fourth-order valence-electron chi connectivity index (χ4n) is 2.59. The molecule has 0 aliphatic carbocycles. The highest BCUT2D eigenvalue weighted by Crippen LogP contribution is 2.20. The van der Waals surface area contributed by atoms with Crippen molar-refractivity contribution in [3.8, 4) is 0 Å². The lowest BCUT2D eigenvalue weighted by atomic mass is 10.1. The van der Waals surface area contributed by atoms with Gasteiger partial charge in [0.05, 0.1) is 6.42 Å². The lowest BCUT2D eigenvalue weighted by Crippen LogP contribution is -2.43. The minimum absolute atomic E-state index is 0.246. The van der Waals surface area contributed by atoms with Crippen molar-refractivity contribution in [3.05, 3.63) is 0 Å². The molecule has 0 aromatic rings. The Kier molecular flexibility index (Phi) is 5.40. The molecule has 0 aromatic carbocycles. The van der Waals surface area contributed by atoms with Crippen LogP contribution < -0.4 is 0 Å². The quantitative estimate of drug-likeness (QED) is 0.769. The summed E-state index contributed by atoms with van der Waals surface area (Å²) >= 11 is 0. The number of rotatable bonds is 6. The normalized spacial score (nSPS) is 21.9. The van der Waals surface area contributed by atoms with Crippen LogP contribution in [0.25, 0.3) is 0 Å². The number of nitrogens with zero attached hydrogens (tertiary/aromatic N) is 2. The summed E-state index contributed by atoms with van der Waals surface area (Å²) in [5, 5.41) is 8.79. The molecule has 1 saturated heterocycles. The molecule has 1 aliphatic rings. The molecule has 0 saturated carbocycles. The van der Waals surface area contributed by atoms with Crippen LogP contribution in [-0.2, 0) is 4.79 Å². The molecule has 1 atom stereocenters. The fraction of sp³-hybridized carbons (Fsp3) is 0.923. The molecule has 0 amide bonds. The van der Waals surface area contributed by atoms with Gasteiger partial charge in [0.2, 0.25) is 0 Å². The van der Waals surface area contributed by atoms with Gasteiger partial charge in [-0.3, -0.25) is 14.6 Å². The van der Waals surface area contributed by atoms with Crippen LogP contribution in [0.4, 0.5) is 0 Å². The second kappa shape index (κ2) is 6.36. The van der Waals surface area contributed by atoms with Crippen molar-refractivity contribution in [3.63, 3.8) is 0 Å². The highest BCUT2D eigenvalue weighted by Gasteiger charge is 2.30. The monoisotopic (exact) mass is 242 g/mol. The van der Waals surface area contributed by atoms with E-state index in [9.17, 15) is 4.79 Å². The number of carboxylic acids is 1. The lowest BCUT2D eigenvalue weighted by molar-refractivity contribution is -0.137. The standard InChI is InChI=1S/C13H26N2O2/c1-10(2)14-7-5-12(9-14)15(11(3)4)8-6-13(16)17/h10-12H,5-9H2,1-4H3,(H,16,17). The zero-order valence-corrected chi connectivity index (χ0v) is 11.5. The Labute approximate surface area is 105 Å². The molecule has 1 N–H and O–H groups in total. The number of carbonyl (C=O) groups is 1. The molecule has 1 aliphatic heterocycles. The van der Waals surface area contributed by atoms with Crippen molar-refractivity contribution in [2.45, 2.75) is 58.7 Å². The largest absolute Gasteiger partial charge is 0.481 e. The van der Waals surface area contributed by atoms with Crippen LogP contribution in [0.3, 0.4) is 0 Å². The highest BCUT2D eigenvalue weighted by molar-refractivity contribution is 5.66. The van der Waals surface area contributed by atoms with E-state index in [4.69, 9.17) is 5.11 Å². The van der Waals surface area contributed by atoms with Gasteiger partial charge < -0.3 is 5.11 Å². The maximum atomic E-state index is 10.7. The van der Waals surface area contributed by atoms with E-state index in [2.05, 4.69) is 37.5 Å². The minimum atomic E-state index is -0.700. The number of likely N-dealkylation sites (tertiary alicyclic amines) is 1. The molecule has 0 aromatic heterocycles. The van der Waals surface area contributed by atoms with Crippen LogP contribution in [0.1, 0.15) is 40.5 Å². The zero-order chi connectivity index (χ0) is 13.0. The van der Waals surface area contributed by atoms with Crippen LogP contribution in [0.5, 0.6) is 0 Å². The maximum Gasteiger partial charge on any atom is 0.304 e. The number of carboxylic acid groups (broad SMARTS) is 1. The number of hydrogen-bond donors (Lipinski definition) is 1. The van der Waals surface area contributed by atoms with Crippen molar-refractivity contribution in [2.75, 3.05) is 19.6 Å². The Morgan fingerprint density at radius 3 is 2.47 bits per heavy atom. The molecule has 0 bridgehead atoms. The Morgan fingerprint density at radius 2 is 2.06 bits per heavy atom. The van der Waals surface area contributed by atoms with E-state index in [1.165, 1.54) is 0 Å². The summed E-state index contributed by atoms with van der Waals surface area (Å²) in [5.41, 5.74) is 0. The molecule has 4 heteroatoms. The highest BCUT2D eigenvalue weighted by atomic mass is 16.4. The fourth-order valence-corrected chi connectivity index (χ4v) is 2.59. The van der Waals surface area contributed by atoms with Gasteiger partial charge in [0.25, 0.3) is 0 Å². The van der Waals surface area contributed by atoms with Crippen molar-refractivity contribution >= 4 is 5.97 Å². The Morgan fingerprint density at radius 1 is 1.41 bits per heavy atom. The molecular formula is C13H26N2O2. The maximum absolute atomic E-state index is 10.7. The van der Waals surface area contributed by atoms with Crippen LogP contribution in [0.2, 0.25) is 0 Å². The Bertz CT molecular complexity index is 254. The second-order valence-corrected chi connectivity index (χ2v) is 5.51. The smallest absolute Gasteiger partial charge is 0.304 e. The third-order valence-electron chi connectivity index (χ3n) is 3.64. The summed E-state index contributed by atoms with van der Waals surface area (Å²) in [6.45, 7) is 11.6. The Balaban J connectivity index is 2.51. The summed E-state index contributed by atoms with van der Waals surface area (Å²) in [5.74, 6) is -0.700. The van der Waals surface area contributed by atoms with E-state index < -0.39 is 5.97 Å². The molecule has 100 valence electrons. The first-order valence-corrected chi connectivity index (χ1v) is 6.63. The van der Waals surface area contributed by atoms with Crippen LogP contribution in [-0.4, -0.2) is 58.6 Å². The third kappa shape index (κ3) is 4.28. The number of aliphatic carboxylic acids is 1. The second-order valence-electron chi connectivity index (χ2n) is 5.51. The minimum Gasteiger partial charge on any atom is -0.481 e. The first-order valence-electron chi connectivity index (χ1n) is 6.63. The molecule has 1 heterocycles. The van der Waals surface area contributed by atoms with Gasteiger partial charge >= 0.3 is 5.97 Å². The van der Waals surface area contributed by atoms with E-state index in [0.717, 1.165) is 19.5 Å². The summed E-state index contributed by atoms with van der Waals surface area (Å²) in [6.07, 6.45) is 1.41. The van der Waals surface area contributed by atoms with E-state index in [1.807, 2.05) is 0 Å². The third-order valence-corrected chi connectivity index (χ3v) is 3.64. The van der Waals surface area contributed by atoms with Crippen LogP contribution in [0, 0.1) is 0 Å². The lowest BCUT2D eigenvalue weighted by Gasteiger charge is -2.32. The van der Waals surface area contributed by atoms with Gasteiger partial charge in [0.1, 0.15) is 0 Å². The molecule has 17 heavy (non-hydrogen) atoms. The topological polar surface area (TPSA) is 43.8 Å². The van der Waals surface area contributed by atoms with E-state index in [1.54, 1.807) is 0 Å². The van der Waals surface area contributed by atoms with Gasteiger partial charge in [-0.05, 0) is 34.1 Å². The van der Waals surface area contributed by atoms with Gasteiger partial charge in [0, 0.05) is 37.8 Å². The van der Waals surface area contributed by atoms with Gasteiger partial charge in [0.15, 0.2) is 0 Å². The summed E-state index contributed by atoms with van der Waals surface area (Å²) < 4.78 is 0. The zero-order valence-electron chi connectivity index (χ0n) is 11.5. The van der Waals surface area contributed by atoms with Crippen LogP contribution >= 0.6 is 0 Å². The molecule has 1 unspecified atom stereocenters. The SMILES string of the molecule is CC(C)N1CCC(N(CCC(=O)O)C(C)C)C1. The van der Waals surface area contributed by atoms with Gasteiger partial charge in [-0.1, -0.05) is 0 Å². The van der Waals surface area contributed by atoms with Crippen molar-refractivity contribution in [1.29, 1.82) is 0 Å². The van der Waals surface area contributed by atoms with Crippen molar-refractivity contribution in [1.82, 2.24) is 9.80 Å². The summed E-state index contributed by atoms with van der Waals surface area (Å²) in [7, 11) is 0. The van der Waals surface area contributed by atoms with Crippen molar-refractivity contribution in [2.24, 2.45) is 0 Å². The van der Waals surface area contributed by atoms with Gasteiger partial charge in [-0.15, -0.1) is 0 Å². The van der Waals surface area contributed by atoms with Gasteiger partial charge in [-0.25, -0.2) is 0 Å². The summed E-state index contributed by atoms with van der Waals surface area (Å²) in [4.78, 5) is 15.5. The van der Waals surface area contributed by atoms with E-state index >= 15 is 0 Å².